The van der Waals surface area contributed by atoms with Gasteiger partial charge in [-0.05, 0) is 0 Å². The van der Waals surface area contributed by atoms with Gasteiger partial charge in [-0.2, -0.15) is 0 Å². The van der Waals surface area contributed by atoms with Crippen LogP contribution in [0.1, 0.15) is 6.42 Å². The molecular weight excluding hydrogens is 262 g/mol. The third-order valence-electron chi connectivity index (χ3n) is 2.86. The monoisotopic (exact) mass is 275 g/mol. The van der Waals surface area contributed by atoms with Gasteiger partial charge < -0.3 is 20.5 Å². The molecule has 104 valence electrons. The Morgan fingerprint density at radius 1 is 1.40 bits per heavy atom. The number of nitrogens with one attached hydrogen (secondary N) is 1. The Hall–Kier alpha value is -2.77. The Morgan fingerprint density at radius 2 is 2.20 bits per heavy atom. The average molecular weight is 275 g/mol. The van der Waals surface area contributed by atoms with E-state index in [0.717, 1.165) is 0 Å². The Morgan fingerprint density at radius 3 is 2.95 bits per heavy atom. The van der Waals surface area contributed by atoms with Gasteiger partial charge in [0.15, 0.2) is 11.5 Å². The van der Waals surface area contributed by atoms with Crippen molar-refractivity contribution in [2.45, 2.75) is 13.0 Å². The molecule has 1 aliphatic rings. The lowest BCUT2D eigenvalue weighted by Crippen LogP contribution is -2.15. The number of carbonyl (C=O) groups is 1. The van der Waals surface area contributed by atoms with Crippen molar-refractivity contribution in [1.29, 1.82) is 0 Å². The van der Waals surface area contributed by atoms with Gasteiger partial charge in [-0.3, -0.25) is 9.48 Å². The number of nitrogens with zero attached hydrogens (tertiary/aromatic N) is 3. The van der Waals surface area contributed by atoms with E-state index >= 15 is 0 Å². The summed E-state index contributed by atoms with van der Waals surface area (Å²) >= 11 is 0. The highest BCUT2D eigenvalue weighted by molar-refractivity contribution is 5.94. The van der Waals surface area contributed by atoms with E-state index in [1.54, 1.807) is 29.2 Å². The van der Waals surface area contributed by atoms with Crippen LogP contribution in [0.25, 0.3) is 0 Å². The number of carbonyl (C=O) groups excluding carboxylic acids is 1. The van der Waals surface area contributed by atoms with Crippen molar-refractivity contribution >= 4 is 17.3 Å². The van der Waals surface area contributed by atoms with Crippen LogP contribution in [0.4, 0.5) is 11.4 Å². The lowest BCUT2D eigenvalue weighted by molar-refractivity contribution is -0.116. The fourth-order valence-corrected chi connectivity index (χ4v) is 1.85. The van der Waals surface area contributed by atoms with Crippen LogP contribution in [-0.4, -0.2) is 27.7 Å². The number of hydrogen-bond donors (Lipinski definition) is 2. The Bertz CT molecular complexity index is 626. The van der Waals surface area contributed by atoms with Gasteiger partial charge in [-0.25, -0.2) is 0 Å². The number of benzene rings is 1. The summed E-state index contributed by atoms with van der Waals surface area (Å²) in [6.45, 7) is 0.620. The van der Waals surface area contributed by atoms with Crippen molar-refractivity contribution < 1.29 is 14.3 Å². The van der Waals surface area contributed by atoms with Gasteiger partial charge in [-0.1, -0.05) is 5.21 Å². The Balaban J connectivity index is 1.64. The van der Waals surface area contributed by atoms with Gasteiger partial charge in [0.05, 0.1) is 24.1 Å². The fourth-order valence-electron chi connectivity index (χ4n) is 1.85. The summed E-state index contributed by atoms with van der Waals surface area (Å²) < 4.78 is 12.0. The lowest BCUT2D eigenvalue weighted by Gasteiger charge is -2.09. The molecule has 1 aliphatic heterocycles. The van der Waals surface area contributed by atoms with E-state index in [0.29, 0.717) is 29.4 Å². The number of nitrogen functional groups attached to an aromatic ring is 1. The van der Waals surface area contributed by atoms with Crippen LogP contribution >= 0.6 is 0 Å². The molecule has 0 bridgehead atoms. The second-order valence-electron chi connectivity index (χ2n) is 4.26. The highest BCUT2D eigenvalue weighted by Crippen LogP contribution is 2.38. The fraction of sp³-hybridized carbons (Fsp3) is 0.250. The van der Waals surface area contributed by atoms with Gasteiger partial charge in [0.25, 0.3) is 0 Å². The van der Waals surface area contributed by atoms with Crippen molar-refractivity contribution in [3.8, 4) is 11.5 Å². The largest absolute Gasteiger partial charge is 0.454 e. The molecule has 0 unspecified atom stereocenters. The third-order valence-corrected chi connectivity index (χ3v) is 2.86. The average Bonchev–Trinajstić information content (AvgIpc) is 3.07. The van der Waals surface area contributed by atoms with Crippen LogP contribution in [0.2, 0.25) is 0 Å². The minimum atomic E-state index is -0.161. The quantitative estimate of drug-likeness (QED) is 0.792. The summed E-state index contributed by atoms with van der Waals surface area (Å²) in [4.78, 5) is 11.9. The van der Waals surface area contributed by atoms with E-state index in [2.05, 4.69) is 15.6 Å². The second kappa shape index (κ2) is 5.08. The zero-order valence-electron chi connectivity index (χ0n) is 10.6. The molecule has 0 atom stereocenters. The van der Waals surface area contributed by atoms with Crippen LogP contribution < -0.4 is 20.5 Å². The van der Waals surface area contributed by atoms with E-state index in [9.17, 15) is 4.79 Å². The molecule has 0 aliphatic carbocycles. The van der Waals surface area contributed by atoms with Crippen LogP contribution in [-0.2, 0) is 11.3 Å². The molecule has 0 spiro atoms. The number of fused-ring (bicyclic) bond motifs is 1. The molecule has 1 amide bonds. The molecule has 0 saturated heterocycles. The van der Waals surface area contributed by atoms with Crippen molar-refractivity contribution in [1.82, 2.24) is 15.0 Å². The summed E-state index contributed by atoms with van der Waals surface area (Å²) in [7, 11) is 0. The van der Waals surface area contributed by atoms with Gasteiger partial charge in [0.1, 0.15) is 0 Å². The molecule has 0 saturated carbocycles. The lowest BCUT2D eigenvalue weighted by atomic mass is 10.2. The number of ether oxygens (including phenoxy) is 2. The smallest absolute Gasteiger partial charge is 0.231 e. The van der Waals surface area contributed by atoms with E-state index < -0.39 is 0 Å². The summed E-state index contributed by atoms with van der Waals surface area (Å²) in [5, 5.41) is 10.2. The molecule has 2 heterocycles. The minimum Gasteiger partial charge on any atom is -0.454 e. The van der Waals surface area contributed by atoms with Crippen molar-refractivity contribution in [3.05, 3.63) is 24.5 Å². The Labute approximate surface area is 114 Å². The normalized spacial score (nSPS) is 12.4. The molecule has 0 radical (unpaired) electrons. The third kappa shape index (κ3) is 2.48. The van der Waals surface area contributed by atoms with Gasteiger partial charge in [0, 0.05) is 24.8 Å². The first kappa shape index (κ1) is 12.3. The maximum absolute atomic E-state index is 11.9. The van der Waals surface area contributed by atoms with Crippen molar-refractivity contribution in [2.75, 3.05) is 17.8 Å². The molecule has 0 fully saturated rings. The molecule has 2 aromatic rings. The molecule has 3 N–H and O–H groups in total. The predicted octanol–water partition coefficient (Wildman–Crippen LogP) is 0.618. The topological polar surface area (TPSA) is 104 Å². The highest BCUT2D eigenvalue weighted by Gasteiger charge is 2.17. The SMILES string of the molecule is Nc1cc2c(cc1NC(=O)CCn1ccnn1)OCO2. The Kier molecular flexibility index (Phi) is 3.12. The standard InChI is InChI=1S/C12H13N5O3/c13-8-5-10-11(20-7-19-10)6-9(8)15-12(18)1-3-17-4-2-14-16-17/h2,4-6H,1,3,7,13H2,(H,15,18). The number of anilines is 2. The number of aromatic nitrogens is 3. The van der Waals surface area contributed by atoms with Crippen LogP contribution in [0.3, 0.4) is 0 Å². The van der Waals surface area contributed by atoms with Crippen molar-refractivity contribution in [3.63, 3.8) is 0 Å². The maximum Gasteiger partial charge on any atom is 0.231 e. The van der Waals surface area contributed by atoms with Gasteiger partial charge in [-0.15, -0.1) is 5.10 Å². The summed E-state index contributed by atoms with van der Waals surface area (Å²) in [6, 6.07) is 3.29. The highest BCUT2D eigenvalue weighted by atomic mass is 16.7. The van der Waals surface area contributed by atoms with E-state index in [1.165, 1.54) is 0 Å². The molecule has 8 nitrogen and oxygen atoms in total. The predicted molar refractivity (Wildman–Crippen MR) is 70.2 cm³/mol. The number of rotatable bonds is 4. The summed E-state index contributed by atoms with van der Waals surface area (Å²) in [5.41, 5.74) is 6.80. The summed E-state index contributed by atoms with van der Waals surface area (Å²) in [5.74, 6) is 1.000. The molecule has 20 heavy (non-hydrogen) atoms. The van der Waals surface area contributed by atoms with E-state index in [1.807, 2.05) is 0 Å². The molecular formula is C12H13N5O3. The van der Waals surface area contributed by atoms with Gasteiger partial charge in [0.2, 0.25) is 12.7 Å². The molecule has 8 heteroatoms. The minimum absolute atomic E-state index is 0.161. The van der Waals surface area contributed by atoms with E-state index in [-0.39, 0.29) is 19.1 Å². The molecule has 1 aromatic heterocycles. The van der Waals surface area contributed by atoms with Crippen LogP contribution in [0.15, 0.2) is 24.5 Å². The number of hydrogen-bond acceptors (Lipinski definition) is 6. The number of amides is 1. The molecule has 1 aromatic carbocycles. The van der Waals surface area contributed by atoms with Crippen LogP contribution in [0.5, 0.6) is 11.5 Å². The number of aryl methyl sites for hydroxylation is 1. The summed E-state index contributed by atoms with van der Waals surface area (Å²) in [6.07, 6.45) is 3.53. The van der Waals surface area contributed by atoms with Gasteiger partial charge >= 0.3 is 0 Å². The van der Waals surface area contributed by atoms with Crippen LogP contribution in [0, 0.1) is 0 Å². The number of nitrogens with two attached hydrogens (primary N) is 1. The first-order valence-corrected chi connectivity index (χ1v) is 6.05. The maximum atomic E-state index is 11.9. The molecule has 3 rings (SSSR count). The second-order valence-corrected chi connectivity index (χ2v) is 4.26. The van der Waals surface area contributed by atoms with E-state index in [4.69, 9.17) is 15.2 Å². The zero-order valence-corrected chi connectivity index (χ0v) is 10.6. The first-order chi connectivity index (χ1) is 9.72. The first-order valence-electron chi connectivity index (χ1n) is 6.05. The van der Waals surface area contributed by atoms with Crippen molar-refractivity contribution in [2.24, 2.45) is 0 Å². The zero-order chi connectivity index (χ0) is 13.9.